The van der Waals surface area contributed by atoms with E-state index in [9.17, 15) is 18.0 Å². The molecule has 1 aromatic rings. The van der Waals surface area contributed by atoms with Gasteiger partial charge < -0.3 is 14.5 Å². The monoisotopic (exact) mass is 416 g/mol. The Labute approximate surface area is 170 Å². The van der Waals surface area contributed by atoms with E-state index < -0.39 is 33.4 Å². The number of nitrogens with zero attached hydrogens (tertiary/aromatic N) is 2. The Morgan fingerprint density at radius 2 is 2.03 bits per heavy atom. The van der Waals surface area contributed by atoms with Crippen molar-refractivity contribution in [2.75, 3.05) is 31.1 Å². The molecule has 7 nitrogen and oxygen atoms in total. The number of fused-ring (bicyclic) bond motifs is 1. The fourth-order valence-electron chi connectivity index (χ4n) is 5.17. The van der Waals surface area contributed by atoms with Crippen LogP contribution in [0, 0.1) is 18.8 Å². The summed E-state index contributed by atoms with van der Waals surface area (Å²) in [4.78, 5) is 29.9. The third-order valence-corrected chi connectivity index (χ3v) is 8.19. The molecule has 3 saturated heterocycles. The Bertz CT molecular complexity index is 1010. The van der Waals surface area contributed by atoms with Crippen molar-refractivity contribution >= 4 is 21.7 Å². The minimum absolute atomic E-state index is 0.0178. The van der Waals surface area contributed by atoms with Crippen molar-refractivity contribution in [1.82, 2.24) is 9.80 Å². The standard InChI is InChI=1S/C21H24N2O5S/c1-14-3-2-4-15(11-14)12-23-13-21-6-5-16(28-21)17(18(21)20(23)25)19(24)22-7-9-29(26,27)10-8-22/h2-6,11,16-18H,7-10,12-13H2,1H3/t16-,17-,18-,21-/m0/s1. The summed E-state index contributed by atoms with van der Waals surface area (Å²) in [7, 11) is -3.07. The van der Waals surface area contributed by atoms with Crippen LogP contribution in [0.3, 0.4) is 0 Å². The molecule has 4 aliphatic rings. The number of hydrogen-bond acceptors (Lipinski definition) is 5. The first-order chi connectivity index (χ1) is 13.8. The van der Waals surface area contributed by atoms with Crippen LogP contribution < -0.4 is 0 Å². The maximum atomic E-state index is 13.3. The molecular weight excluding hydrogens is 392 g/mol. The molecule has 154 valence electrons. The fourth-order valence-corrected chi connectivity index (χ4v) is 6.37. The Morgan fingerprint density at radius 1 is 1.28 bits per heavy atom. The van der Waals surface area contributed by atoms with E-state index in [0.29, 0.717) is 13.1 Å². The molecule has 0 saturated carbocycles. The summed E-state index contributed by atoms with van der Waals surface area (Å²) in [6.45, 7) is 3.33. The van der Waals surface area contributed by atoms with Gasteiger partial charge in [-0.05, 0) is 12.5 Å². The van der Waals surface area contributed by atoms with Crippen molar-refractivity contribution in [1.29, 1.82) is 0 Å². The molecule has 29 heavy (non-hydrogen) atoms. The van der Waals surface area contributed by atoms with Crippen LogP contribution in [0.1, 0.15) is 11.1 Å². The molecule has 0 N–H and O–H groups in total. The number of amides is 2. The minimum Gasteiger partial charge on any atom is -0.360 e. The number of aryl methyl sites for hydroxylation is 1. The van der Waals surface area contributed by atoms with Crippen LogP contribution in [0.5, 0.6) is 0 Å². The van der Waals surface area contributed by atoms with Gasteiger partial charge in [0.05, 0.1) is 36.0 Å². The summed E-state index contributed by atoms with van der Waals surface area (Å²) >= 11 is 0. The lowest BCUT2D eigenvalue weighted by Crippen LogP contribution is -2.50. The van der Waals surface area contributed by atoms with Crippen molar-refractivity contribution < 1.29 is 22.7 Å². The highest BCUT2D eigenvalue weighted by Gasteiger charge is 2.67. The van der Waals surface area contributed by atoms with Gasteiger partial charge in [0, 0.05) is 19.6 Å². The Morgan fingerprint density at radius 3 is 2.76 bits per heavy atom. The summed E-state index contributed by atoms with van der Waals surface area (Å²) in [5, 5.41) is 0. The second-order valence-electron chi connectivity index (χ2n) is 8.56. The summed E-state index contributed by atoms with van der Waals surface area (Å²) in [6, 6.07) is 8.05. The van der Waals surface area contributed by atoms with Crippen LogP contribution in [-0.2, 0) is 30.7 Å². The predicted octanol–water partition coefficient (Wildman–Crippen LogP) is 0.534. The van der Waals surface area contributed by atoms with E-state index in [-0.39, 0.29) is 36.4 Å². The maximum Gasteiger partial charge on any atom is 0.230 e. The van der Waals surface area contributed by atoms with Crippen LogP contribution in [0.25, 0.3) is 0 Å². The van der Waals surface area contributed by atoms with E-state index in [1.807, 2.05) is 37.3 Å². The number of benzene rings is 1. The average molecular weight is 416 g/mol. The molecule has 1 spiro atoms. The zero-order valence-electron chi connectivity index (χ0n) is 16.3. The molecule has 8 heteroatoms. The topological polar surface area (TPSA) is 84.0 Å². The second-order valence-corrected chi connectivity index (χ2v) is 10.9. The van der Waals surface area contributed by atoms with E-state index >= 15 is 0 Å². The molecule has 5 rings (SSSR count). The highest BCUT2D eigenvalue weighted by molar-refractivity contribution is 7.91. The van der Waals surface area contributed by atoms with Gasteiger partial charge >= 0.3 is 0 Å². The fraction of sp³-hybridized carbons (Fsp3) is 0.524. The van der Waals surface area contributed by atoms with E-state index in [1.54, 1.807) is 9.80 Å². The Kier molecular flexibility index (Phi) is 4.15. The highest BCUT2D eigenvalue weighted by atomic mass is 32.2. The van der Waals surface area contributed by atoms with Crippen LogP contribution in [0.4, 0.5) is 0 Å². The minimum atomic E-state index is -3.07. The number of carbonyl (C=O) groups excluding carboxylic acids is 2. The van der Waals surface area contributed by atoms with Gasteiger partial charge in [0.15, 0.2) is 9.84 Å². The number of ether oxygens (including phenoxy) is 1. The largest absolute Gasteiger partial charge is 0.360 e. The first-order valence-corrected chi connectivity index (χ1v) is 11.8. The van der Waals surface area contributed by atoms with E-state index in [4.69, 9.17) is 4.74 Å². The number of likely N-dealkylation sites (tertiary alicyclic amines) is 1. The van der Waals surface area contributed by atoms with Crippen molar-refractivity contribution in [3.63, 3.8) is 0 Å². The first kappa shape index (κ1) is 18.8. The van der Waals surface area contributed by atoms with Crippen molar-refractivity contribution in [3.05, 3.63) is 47.5 Å². The van der Waals surface area contributed by atoms with Crippen LogP contribution in [-0.4, -0.2) is 72.9 Å². The van der Waals surface area contributed by atoms with Crippen molar-refractivity contribution in [3.8, 4) is 0 Å². The molecule has 2 amide bonds. The van der Waals surface area contributed by atoms with E-state index in [1.165, 1.54) is 0 Å². The molecular formula is C21H24N2O5S. The summed E-state index contributed by atoms with van der Waals surface area (Å²) in [6.07, 6.45) is 3.43. The normalized spacial score (nSPS) is 34.7. The average Bonchev–Trinajstić information content (AvgIpc) is 3.30. The molecule has 3 fully saturated rings. The smallest absolute Gasteiger partial charge is 0.230 e. The molecule has 0 radical (unpaired) electrons. The van der Waals surface area contributed by atoms with Crippen LogP contribution in [0.2, 0.25) is 0 Å². The zero-order chi connectivity index (χ0) is 20.4. The quantitative estimate of drug-likeness (QED) is 0.672. The van der Waals surface area contributed by atoms with Gasteiger partial charge in [-0.2, -0.15) is 0 Å². The molecule has 2 bridgehead atoms. The molecule has 4 heterocycles. The lowest BCUT2D eigenvalue weighted by Gasteiger charge is -2.32. The van der Waals surface area contributed by atoms with Gasteiger partial charge in [0.25, 0.3) is 0 Å². The lowest BCUT2D eigenvalue weighted by atomic mass is 9.76. The molecule has 0 aliphatic carbocycles. The van der Waals surface area contributed by atoms with Gasteiger partial charge in [-0.1, -0.05) is 42.0 Å². The van der Waals surface area contributed by atoms with Gasteiger partial charge in [-0.15, -0.1) is 0 Å². The number of rotatable bonds is 3. The van der Waals surface area contributed by atoms with Gasteiger partial charge in [-0.25, -0.2) is 8.42 Å². The summed E-state index contributed by atoms with van der Waals surface area (Å²) in [5.41, 5.74) is 1.45. The number of hydrogen-bond donors (Lipinski definition) is 0. The van der Waals surface area contributed by atoms with Gasteiger partial charge in [0.2, 0.25) is 11.8 Å². The van der Waals surface area contributed by atoms with Crippen LogP contribution >= 0.6 is 0 Å². The van der Waals surface area contributed by atoms with Gasteiger partial charge in [0.1, 0.15) is 5.60 Å². The molecule has 4 aliphatic heterocycles. The molecule has 1 aromatic carbocycles. The second kappa shape index (κ2) is 6.40. The summed E-state index contributed by atoms with van der Waals surface area (Å²) < 4.78 is 29.6. The Balaban J connectivity index is 1.37. The molecule has 0 aromatic heterocycles. The SMILES string of the molecule is Cc1cccc(CN2C[C@]34C=C[C@H](O3)[C@H](C(=O)N3CCS(=O)(=O)CC3)[C@H]4C2=O)c1. The molecule has 0 unspecified atom stereocenters. The van der Waals surface area contributed by atoms with E-state index in [2.05, 4.69) is 6.07 Å². The van der Waals surface area contributed by atoms with Crippen molar-refractivity contribution in [2.45, 2.75) is 25.2 Å². The van der Waals surface area contributed by atoms with Gasteiger partial charge in [-0.3, -0.25) is 9.59 Å². The third kappa shape index (κ3) is 3.00. The maximum absolute atomic E-state index is 13.3. The third-order valence-electron chi connectivity index (χ3n) is 6.58. The first-order valence-electron chi connectivity index (χ1n) is 9.99. The number of carbonyl (C=O) groups is 2. The lowest BCUT2D eigenvalue weighted by molar-refractivity contribution is -0.143. The van der Waals surface area contributed by atoms with Crippen molar-refractivity contribution in [2.24, 2.45) is 11.8 Å². The van der Waals surface area contributed by atoms with E-state index in [0.717, 1.165) is 11.1 Å². The Hall–Kier alpha value is -2.19. The summed E-state index contributed by atoms with van der Waals surface area (Å²) in [5.74, 6) is -1.36. The zero-order valence-corrected chi connectivity index (χ0v) is 17.1. The number of sulfone groups is 1. The predicted molar refractivity (Wildman–Crippen MR) is 106 cm³/mol. The highest BCUT2D eigenvalue weighted by Crippen LogP contribution is 2.52. The molecule has 4 atom stereocenters. The van der Waals surface area contributed by atoms with Crippen LogP contribution in [0.15, 0.2) is 36.4 Å².